The summed E-state index contributed by atoms with van der Waals surface area (Å²) >= 11 is 0. The molecule has 2 aliphatic rings. The number of aromatic amines is 1. The molecule has 1 aromatic heterocycles. The van der Waals surface area contributed by atoms with E-state index in [1.165, 1.54) is 12.8 Å². The van der Waals surface area contributed by atoms with Crippen LogP contribution in [0.15, 0.2) is 35.7 Å². The van der Waals surface area contributed by atoms with Gasteiger partial charge in [0.2, 0.25) is 11.8 Å². The smallest absolute Gasteiger partial charge is 0.244 e. The van der Waals surface area contributed by atoms with Crippen LogP contribution in [0.2, 0.25) is 0 Å². The van der Waals surface area contributed by atoms with Crippen LogP contribution in [-0.2, 0) is 0 Å². The van der Waals surface area contributed by atoms with Gasteiger partial charge in [-0.1, -0.05) is 12.1 Å². The first kappa shape index (κ1) is 15.6. The molecule has 3 N–H and O–H groups in total. The van der Waals surface area contributed by atoms with E-state index >= 15 is 0 Å². The number of nitrogens with one attached hydrogen (secondary N) is 1. The minimum absolute atomic E-state index is 0.109. The van der Waals surface area contributed by atoms with Gasteiger partial charge in [-0.05, 0) is 50.3 Å². The van der Waals surface area contributed by atoms with Gasteiger partial charge in [-0.2, -0.15) is 5.26 Å². The topological polar surface area (TPSA) is 97.0 Å². The summed E-state index contributed by atoms with van der Waals surface area (Å²) in [6, 6.07) is 10.1. The summed E-state index contributed by atoms with van der Waals surface area (Å²) in [6.07, 6.45) is 5.04. The first-order valence-electron chi connectivity index (χ1n) is 8.56. The molecule has 1 aliphatic carbocycles. The van der Waals surface area contributed by atoms with Crippen molar-refractivity contribution < 1.29 is 9.47 Å². The Morgan fingerprint density at radius 1 is 1.28 bits per heavy atom. The number of aryl methyl sites for hydroxylation is 1. The second-order valence-corrected chi connectivity index (χ2v) is 6.59. The Bertz CT molecular complexity index is 855. The maximum Gasteiger partial charge on any atom is 0.244 e. The van der Waals surface area contributed by atoms with Crippen molar-refractivity contribution in [1.29, 1.82) is 5.26 Å². The van der Waals surface area contributed by atoms with Gasteiger partial charge in [-0.15, -0.1) is 5.10 Å². The summed E-state index contributed by atoms with van der Waals surface area (Å²) in [4.78, 5) is 0. The molecule has 128 valence electrons. The van der Waals surface area contributed by atoms with Crippen LogP contribution in [0.25, 0.3) is 0 Å². The third kappa shape index (κ3) is 2.72. The Morgan fingerprint density at radius 3 is 2.68 bits per heavy atom. The number of rotatable bonds is 3. The van der Waals surface area contributed by atoms with Crippen LogP contribution in [0.5, 0.6) is 11.6 Å². The number of fused-ring (bicyclic) bond motifs is 1. The lowest BCUT2D eigenvalue weighted by Crippen LogP contribution is -2.21. The molecule has 0 amide bonds. The summed E-state index contributed by atoms with van der Waals surface area (Å²) in [7, 11) is 0. The van der Waals surface area contributed by atoms with Crippen molar-refractivity contribution >= 4 is 0 Å². The summed E-state index contributed by atoms with van der Waals surface area (Å²) in [5.74, 6) is 1.12. The number of allylic oxidation sites excluding steroid dienone is 1. The van der Waals surface area contributed by atoms with Crippen LogP contribution in [0.1, 0.15) is 48.4 Å². The number of H-pyrrole nitrogens is 1. The molecule has 0 radical (unpaired) electrons. The first-order valence-corrected chi connectivity index (χ1v) is 8.56. The summed E-state index contributed by atoms with van der Waals surface area (Å²) in [5, 5.41) is 16.6. The molecule has 1 atom stereocenters. The Morgan fingerprint density at radius 2 is 2.00 bits per heavy atom. The number of nitrogens with zero attached hydrogens (tertiary/aromatic N) is 2. The summed E-state index contributed by atoms with van der Waals surface area (Å²) in [5.41, 5.74) is 9.03. The molecule has 0 saturated heterocycles. The highest BCUT2D eigenvalue weighted by Crippen LogP contribution is 2.42. The van der Waals surface area contributed by atoms with Crippen molar-refractivity contribution in [2.24, 2.45) is 5.73 Å². The Kier molecular flexibility index (Phi) is 3.85. The largest absolute Gasteiger partial charge is 0.490 e. The lowest BCUT2D eigenvalue weighted by Gasteiger charge is -2.24. The van der Waals surface area contributed by atoms with E-state index in [1.807, 2.05) is 31.2 Å². The van der Waals surface area contributed by atoms with Crippen LogP contribution in [0.4, 0.5) is 0 Å². The van der Waals surface area contributed by atoms with Gasteiger partial charge >= 0.3 is 0 Å². The Hall–Kier alpha value is -2.94. The van der Waals surface area contributed by atoms with Crippen LogP contribution < -0.4 is 15.2 Å². The lowest BCUT2D eigenvalue weighted by atomic mass is 9.84. The standard InChI is InChI=1S/C19H20N4O2/c1-11-16-17(15(10-20)18(21)25-19(16)23-22-11)12-6-8-14(9-7-12)24-13-4-2-3-5-13/h6-9,13,17H,2-5,21H2,1H3,(H,22,23)/t17-/m1/s1. The van der Waals surface area contributed by atoms with E-state index in [9.17, 15) is 5.26 Å². The van der Waals surface area contributed by atoms with Crippen molar-refractivity contribution in [2.75, 3.05) is 0 Å². The monoisotopic (exact) mass is 336 g/mol. The van der Waals surface area contributed by atoms with E-state index in [0.29, 0.717) is 17.6 Å². The molecule has 1 saturated carbocycles. The molecular formula is C19H20N4O2. The molecule has 1 fully saturated rings. The van der Waals surface area contributed by atoms with Gasteiger partial charge in [0.05, 0.1) is 12.0 Å². The zero-order chi connectivity index (χ0) is 17.4. The van der Waals surface area contributed by atoms with Gasteiger partial charge in [0.25, 0.3) is 0 Å². The highest BCUT2D eigenvalue weighted by atomic mass is 16.5. The molecule has 2 heterocycles. The van der Waals surface area contributed by atoms with Gasteiger partial charge in [-0.3, -0.25) is 5.10 Å². The predicted molar refractivity (Wildman–Crippen MR) is 91.9 cm³/mol. The SMILES string of the molecule is Cc1[nH]nc2c1[C@H](c1ccc(OC3CCCC3)cc1)C(C#N)=C(N)O2. The number of nitrogens with two attached hydrogens (primary N) is 1. The Balaban J connectivity index is 1.67. The highest BCUT2D eigenvalue weighted by molar-refractivity contribution is 5.55. The minimum Gasteiger partial charge on any atom is -0.490 e. The molecule has 6 nitrogen and oxygen atoms in total. The third-order valence-corrected chi connectivity index (χ3v) is 4.95. The molecule has 0 bridgehead atoms. The zero-order valence-electron chi connectivity index (χ0n) is 14.1. The van der Waals surface area contributed by atoms with Crippen molar-refractivity contribution in [3.05, 3.63) is 52.5 Å². The second kappa shape index (κ2) is 6.17. The van der Waals surface area contributed by atoms with Crippen LogP contribution in [-0.4, -0.2) is 16.3 Å². The normalized spacial score (nSPS) is 20.1. The molecule has 1 aliphatic heterocycles. The molecule has 0 spiro atoms. The molecule has 4 rings (SSSR count). The van der Waals surface area contributed by atoms with Gasteiger partial charge < -0.3 is 15.2 Å². The fourth-order valence-electron chi connectivity index (χ4n) is 3.67. The lowest BCUT2D eigenvalue weighted by molar-refractivity contribution is 0.210. The maximum absolute atomic E-state index is 9.57. The van der Waals surface area contributed by atoms with Crippen molar-refractivity contribution in [3.8, 4) is 17.7 Å². The molecular weight excluding hydrogens is 316 g/mol. The summed E-state index contributed by atoms with van der Waals surface area (Å²) in [6.45, 7) is 1.91. The van der Waals surface area contributed by atoms with E-state index in [1.54, 1.807) is 0 Å². The third-order valence-electron chi connectivity index (χ3n) is 4.95. The number of nitriles is 1. The molecule has 1 aromatic carbocycles. The first-order chi connectivity index (χ1) is 12.2. The van der Waals surface area contributed by atoms with Crippen molar-refractivity contribution in [3.63, 3.8) is 0 Å². The molecule has 2 aromatic rings. The molecule has 6 heteroatoms. The molecule has 25 heavy (non-hydrogen) atoms. The Labute approximate surface area is 146 Å². The van der Waals surface area contributed by atoms with E-state index in [4.69, 9.17) is 15.2 Å². The van der Waals surface area contributed by atoms with Gasteiger partial charge in [0.15, 0.2) is 0 Å². The molecule has 0 unspecified atom stereocenters. The average Bonchev–Trinajstić information content (AvgIpc) is 3.25. The zero-order valence-corrected chi connectivity index (χ0v) is 14.1. The van der Waals surface area contributed by atoms with E-state index in [-0.39, 0.29) is 11.8 Å². The van der Waals surface area contributed by atoms with E-state index in [2.05, 4.69) is 16.3 Å². The predicted octanol–water partition coefficient (Wildman–Crippen LogP) is 3.26. The van der Waals surface area contributed by atoms with Gasteiger partial charge in [0.1, 0.15) is 17.4 Å². The van der Waals surface area contributed by atoms with Gasteiger partial charge in [0, 0.05) is 11.3 Å². The van der Waals surface area contributed by atoms with Crippen LogP contribution in [0.3, 0.4) is 0 Å². The minimum atomic E-state index is -0.284. The van der Waals surface area contributed by atoms with Gasteiger partial charge in [-0.25, -0.2) is 0 Å². The van der Waals surface area contributed by atoms with Crippen molar-refractivity contribution in [1.82, 2.24) is 10.2 Å². The number of hydrogen-bond donors (Lipinski definition) is 2. The fraction of sp³-hybridized carbons (Fsp3) is 0.368. The van der Waals surface area contributed by atoms with E-state index in [0.717, 1.165) is 35.4 Å². The number of ether oxygens (including phenoxy) is 2. The van der Waals surface area contributed by atoms with Crippen LogP contribution >= 0.6 is 0 Å². The van der Waals surface area contributed by atoms with E-state index < -0.39 is 0 Å². The number of hydrogen-bond acceptors (Lipinski definition) is 5. The number of aromatic nitrogens is 2. The van der Waals surface area contributed by atoms with Crippen molar-refractivity contribution in [2.45, 2.75) is 44.6 Å². The summed E-state index contributed by atoms with van der Waals surface area (Å²) < 4.78 is 11.5. The quantitative estimate of drug-likeness (QED) is 0.896. The maximum atomic E-state index is 9.57. The average molecular weight is 336 g/mol. The fourth-order valence-corrected chi connectivity index (χ4v) is 3.67. The second-order valence-electron chi connectivity index (χ2n) is 6.59. The number of benzene rings is 1. The highest BCUT2D eigenvalue weighted by Gasteiger charge is 2.34. The van der Waals surface area contributed by atoms with Crippen LogP contribution in [0, 0.1) is 18.3 Å².